The molecule has 0 spiro atoms. The summed E-state index contributed by atoms with van der Waals surface area (Å²) in [4.78, 5) is 2.18. The van der Waals surface area contributed by atoms with Crippen molar-refractivity contribution in [1.82, 2.24) is 4.90 Å². The van der Waals surface area contributed by atoms with Gasteiger partial charge in [-0.2, -0.15) is 0 Å². The molecule has 2 aliphatic rings. The molecule has 0 atom stereocenters. The van der Waals surface area contributed by atoms with Crippen LogP contribution in [-0.4, -0.2) is 36.5 Å². The van der Waals surface area contributed by atoms with E-state index in [0.717, 1.165) is 32.0 Å². The van der Waals surface area contributed by atoms with Crippen LogP contribution in [0.3, 0.4) is 0 Å². The maximum Gasteiger partial charge on any atom is 0.0958 e. The monoisotopic (exact) mass is 210 g/mol. The van der Waals surface area contributed by atoms with Crippen molar-refractivity contribution in [3.8, 4) is 0 Å². The molecule has 1 aliphatic heterocycles. The van der Waals surface area contributed by atoms with E-state index >= 15 is 0 Å². The van der Waals surface area contributed by atoms with Gasteiger partial charge in [-0.1, -0.05) is 12.8 Å². The van der Waals surface area contributed by atoms with Crippen LogP contribution >= 0.6 is 0 Å². The molecule has 1 saturated heterocycles. The molecule has 0 aromatic heterocycles. The topological polar surface area (TPSA) is 36.3 Å². The highest BCUT2D eigenvalue weighted by Crippen LogP contribution is 2.20. The summed E-state index contributed by atoms with van der Waals surface area (Å²) in [5.41, 5.74) is 0. The summed E-state index contributed by atoms with van der Waals surface area (Å²) in [6.45, 7) is 2.80. The van der Waals surface area contributed by atoms with Crippen LogP contribution in [0.1, 0.15) is 44.9 Å². The van der Waals surface area contributed by atoms with Crippen molar-refractivity contribution in [2.45, 2.75) is 51.0 Å². The van der Waals surface area contributed by atoms with Crippen LogP contribution in [-0.2, 0) is 4.74 Å². The Bertz CT molecular complexity index is 212. The molecule has 86 valence electrons. The first-order valence-corrected chi connectivity index (χ1v) is 6.30. The van der Waals surface area contributed by atoms with Gasteiger partial charge in [-0.25, -0.2) is 0 Å². The second-order valence-corrected chi connectivity index (χ2v) is 4.67. The summed E-state index contributed by atoms with van der Waals surface area (Å²) < 4.78 is 5.82. The number of hydrogen-bond acceptors (Lipinski definition) is 2. The normalized spacial score (nSPS) is 23.7. The van der Waals surface area contributed by atoms with Crippen LogP contribution < -0.4 is 0 Å². The van der Waals surface area contributed by atoms with Crippen LogP contribution in [0.15, 0.2) is 0 Å². The summed E-state index contributed by atoms with van der Waals surface area (Å²) >= 11 is 0. The van der Waals surface area contributed by atoms with Crippen LogP contribution in [0.5, 0.6) is 0 Å². The second kappa shape index (κ2) is 5.50. The Labute approximate surface area is 92.3 Å². The van der Waals surface area contributed by atoms with E-state index in [2.05, 4.69) is 4.90 Å². The van der Waals surface area contributed by atoms with E-state index in [1.807, 2.05) is 0 Å². The maximum absolute atomic E-state index is 7.80. The fourth-order valence-electron chi connectivity index (χ4n) is 2.52. The van der Waals surface area contributed by atoms with Gasteiger partial charge in [0.15, 0.2) is 0 Å². The lowest BCUT2D eigenvalue weighted by molar-refractivity contribution is 0.0497. The van der Waals surface area contributed by atoms with Crippen LogP contribution in [0, 0.1) is 5.41 Å². The van der Waals surface area contributed by atoms with E-state index in [9.17, 15) is 0 Å². The molecule has 0 aromatic carbocycles. The molecular formula is C12H22N2O. The lowest BCUT2D eigenvalue weighted by Crippen LogP contribution is -2.37. The first-order chi connectivity index (χ1) is 7.36. The number of amidine groups is 1. The Morgan fingerprint density at radius 2 is 2.00 bits per heavy atom. The zero-order valence-corrected chi connectivity index (χ0v) is 9.50. The molecule has 0 bridgehead atoms. The van der Waals surface area contributed by atoms with Gasteiger partial charge in [-0.3, -0.25) is 5.41 Å². The van der Waals surface area contributed by atoms with Crippen molar-refractivity contribution in [3.05, 3.63) is 0 Å². The van der Waals surface area contributed by atoms with Crippen molar-refractivity contribution in [2.75, 3.05) is 19.7 Å². The Morgan fingerprint density at radius 3 is 2.73 bits per heavy atom. The second-order valence-electron chi connectivity index (χ2n) is 4.67. The molecule has 0 radical (unpaired) electrons. The van der Waals surface area contributed by atoms with Gasteiger partial charge in [-0.15, -0.1) is 0 Å². The number of nitrogens with zero attached hydrogens (tertiary/aromatic N) is 1. The average Bonchev–Trinajstić information content (AvgIpc) is 2.74. The average molecular weight is 210 g/mol. The molecule has 1 aliphatic carbocycles. The minimum absolute atomic E-state index is 0.518. The first kappa shape index (κ1) is 10.9. The smallest absolute Gasteiger partial charge is 0.0958 e. The lowest BCUT2D eigenvalue weighted by atomic mass is 10.1. The van der Waals surface area contributed by atoms with Crippen molar-refractivity contribution in [2.24, 2.45) is 0 Å². The molecule has 1 saturated carbocycles. The molecule has 0 unspecified atom stereocenters. The fraction of sp³-hybridized carbons (Fsp3) is 0.917. The SMILES string of the molecule is N=C1CCCCN1CCOC1CCCC1. The zero-order valence-electron chi connectivity index (χ0n) is 9.50. The number of nitrogens with one attached hydrogen (secondary N) is 1. The predicted octanol–water partition coefficient (Wildman–Crippen LogP) is 2.41. The van der Waals surface area contributed by atoms with Gasteiger partial charge >= 0.3 is 0 Å². The third kappa shape index (κ3) is 3.20. The maximum atomic E-state index is 7.80. The van der Waals surface area contributed by atoms with Crippen molar-refractivity contribution in [1.29, 1.82) is 5.41 Å². The Kier molecular flexibility index (Phi) is 4.01. The summed E-state index contributed by atoms with van der Waals surface area (Å²) in [5, 5.41) is 7.80. The minimum atomic E-state index is 0.518. The van der Waals surface area contributed by atoms with E-state index in [1.165, 1.54) is 38.5 Å². The highest BCUT2D eigenvalue weighted by Gasteiger charge is 2.17. The molecule has 15 heavy (non-hydrogen) atoms. The molecule has 3 heteroatoms. The Morgan fingerprint density at radius 1 is 1.20 bits per heavy atom. The highest BCUT2D eigenvalue weighted by atomic mass is 16.5. The van der Waals surface area contributed by atoms with Crippen molar-refractivity contribution in [3.63, 3.8) is 0 Å². The molecule has 3 nitrogen and oxygen atoms in total. The largest absolute Gasteiger partial charge is 0.376 e. The van der Waals surface area contributed by atoms with Crippen LogP contribution in [0.2, 0.25) is 0 Å². The van der Waals surface area contributed by atoms with Crippen molar-refractivity contribution >= 4 is 5.84 Å². The van der Waals surface area contributed by atoms with Crippen molar-refractivity contribution < 1.29 is 4.74 Å². The third-order valence-corrected chi connectivity index (χ3v) is 3.49. The number of piperidine rings is 1. The van der Waals surface area contributed by atoms with Crippen LogP contribution in [0.4, 0.5) is 0 Å². The number of rotatable bonds is 4. The Balaban J connectivity index is 1.61. The summed E-state index contributed by atoms with van der Waals surface area (Å²) in [5.74, 6) is 0.816. The number of likely N-dealkylation sites (tertiary alicyclic amines) is 1. The predicted molar refractivity (Wildman–Crippen MR) is 61.4 cm³/mol. The van der Waals surface area contributed by atoms with Gasteiger partial charge < -0.3 is 9.64 Å². The molecule has 2 rings (SSSR count). The van der Waals surface area contributed by atoms with E-state index in [-0.39, 0.29) is 0 Å². The molecule has 1 N–H and O–H groups in total. The standard InChI is InChI=1S/C12H22N2O/c13-12-7-3-4-8-14(12)9-10-15-11-5-1-2-6-11/h11,13H,1-10H2. The van der Waals surface area contributed by atoms with Gasteiger partial charge in [-0.05, 0) is 25.7 Å². The molecular weight excluding hydrogens is 188 g/mol. The molecule has 0 aromatic rings. The van der Waals surface area contributed by atoms with Gasteiger partial charge in [0.1, 0.15) is 0 Å². The van der Waals surface area contributed by atoms with E-state index in [4.69, 9.17) is 10.1 Å². The van der Waals surface area contributed by atoms with E-state index in [0.29, 0.717) is 6.10 Å². The summed E-state index contributed by atoms with van der Waals surface area (Å²) in [6.07, 6.45) is 9.08. The Hall–Kier alpha value is -0.570. The minimum Gasteiger partial charge on any atom is -0.376 e. The van der Waals surface area contributed by atoms with Crippen LogP contribution in [0.25, 0.3) is 0 Å². The summed E-state index contributed by atoms with van der Waals surface area (Å²) in [6, 6.07) is 0. The van der Waals surface area contributed by atoms with Gasteiger partial charge in [0.25, 0.3) is 0 Å². The third-order valence-electron chi connectivity index (χ3n) is 3.49. The number of hydrogen-bond donors (Lipinski definition) is 1. The zero-order chi connectivity index (χ0) is 10.5. The highest BCUT2D eigenvalue weighted by molar-refractivity contribution is 5.79. The fourth-order valence-corrected chi connectivity index (χ4v) is 2.52. The summed E-state index contributed by atoms with van der Waals surface area (Å²) in [7, 11) is 0. The van der Waals surface area contributed by atoms with Gasteiger partial charge in [0.05, 0.1) is 18.5 Å². The first-order valence-electron chi connectivity index (χ1n) is 6.30. The molecule has 2 fully saturated rings. The van der Waals surface area contributed by atoms with Gasteiger partial charge in [0, 0.05) is 19.5 Å². The molecule has 0 amide bonds. The quantitative estimate of drug-likeness (QED) is 0.773. The van der Waals surface area contributed by atoms with E-state index < -0.39 is 0 Å². The number of ether oxygens (including phenoxy) is 1. The van der Waals surface area contributed by atoms with Gasteiger partial charge in [0.2, 0.25) is 0 Å². The molecule has 1 heterocycles. The van der Waals surface area contributed by atoms with E-state index in [1.54, 1.807) is 0 Å². The lowest BCUT2D eigenvalue weighted by Gasteiger charge is -2.29.